The summed E-state index contributed by atoms with van der Waals surface area (Å²) in [6.45, 7) is 5.01. The topological polar surface area (TPSA) is 83.7 Å². The van der Waals surface area contributed by atoms with E-state index in [4.69, 9.17) is 5.73 Å². The molecule has 7 heteroatoms. The van der Waals surface area contributed by atoms with E-state index in [1.54, 1.807) is 23.1 Å². The third-order valence-electron chi connectivity index (χ3n) is 4.47. The Balaban J connectivity index is 2.06. The van der Waals surface area contributed by atoms with Gasteiger partial charge in [0.15, 0.2) is 0 Å². The summed E-state index contributed by atoms with van der Waals surface area (Å²) in [5.41, 5.74) is 5.92. The lowest BCUT2D eigenvalue weighted by Crippen LogP contribution is -2.55. The maximum absolute atomic E-state index is 12.5. The van der Waals surface area contributed by atoms with Crippen LogP contribution in [0.4, 0.5) is 0 Å². The molecule has 1 aliphatic rings. The zero-order valence-corrected chi connectivity index (χ0v) is 14.7. The normalized spacial score (nSPS) is 21.4. The predicted octanol–water partition coefficient (Wildman–Crippen LogP) is 0.893. The number of amides is 1. The van der Waals surface area contributed by atoms with Gasteiger partial charge in [0, 0.05) is 26.2 Å². The van der Waals surface area contributed by atoms with Crippen molar-refractivity contribution in [3.05, 3.63) is 30.3 Å². The number of carbonyl (C=O) groups excluding carboxylic acids is 1. The first kappa shape index (κ1) is 17.9. The number of rotatable bonds is 4. The highest BCUT2D eigenvalue weighted by Crippen LogP contribution is 2.27. The van der Waals surface area contributed by atoms with Gasteiger partial charge in [0.25, 0.3) is 0 Å². The molecule has 0 aliphatic carbocycles. The Labute approximate surface area is 138 Å². The van der Waals surface area contributed by atoms with E-state index in [-0.39, 0.29) is 28.8 Å². The number of nitrogens with two attached hydrogens (primary N) is 1. The summed E-state index contributed by atoms with van der Waals surface area (Å²) in [5, 5.41) is 0. The van der Waals surface area contributed by atoms with E-state index < -0.39 is 10.0 Å². The Morgan fingerprint density at radius 1 is 1.35 bits per heavy atom. The number of piperidine rings is 1. The van der Waals surface area contributed by atoms with Crippen molar-refractivity contribution < 1.29 is 13.2 Å². The van der Waals surface area contributed by atoms with Gasteiger partial charge >= 0.3 is 0 Å². The lowest BCUT2D eigenvalue weighted by Gasteiger charge is -2.42. The summed E-state index contributed by atoms with van der Waals surface area (Å²) in [5.74, 6) is -0.188. The predicted molar refractivity (Wildman–Crippen MR) is 89.2 cm³/mol. The molecule has 6 nitrogen and oxygen atoms in total. The fraction of sp³-hybridized carbons (Fsp3) is 0.562. The van der Waals surface area contributed by atoms with Crippen molar-refractivity contribution in [2.45, 2.75) is 31.2 Å². The molecule has 0 saturated carbocycles. The van der Waals surface area contributed by atoms with E-state index in [1.807, 2.05) is 13.8 Å². The molecule has 1 unspecified atom stereocenters. The molecule has 1 atom stereocenters. The van der Waals surface area contributed by atoms with Crippen LogP contribution in [0.1, 0.15) is 20.3 Å². The first-order valence-corrected chi connectivity index (χ1v) is 9.13. The van der Waals surface area contributed by atoms with Gasteiger partial charge in [-0.15, -0.1) is 0 Å². The molecule has 0 bridgehead atoms. The maximum atomic E-state index is 12.5. The van der Waals surface area contributed by atoms with Gasteiger partial charge in [-0.25, -0.2) is 8.42 Å². The van der Waals surface area contributed by atoms with Crippen molar-refractivity contribution in [3.8, 4) is 0 Å². The van der Waals surface area contributed by atoms with Crippen LogP contribution in [-0.2, 0) is 14.8 Å². The number of likely N-dealkylation sites (N-methyl/N-ethyl adjacent to an activating group) is 1. The molecule has 128 valence electrons. The highest BCUT2D eigenvalue weighted by atomic mass is 32.2. The number of likely N-dealkylation sites (tertiary alicyclic amines) is 1. The van der Waals surface area contributed by atoms with Crippen molar-refractivity contribution in [1.82, 2.24) is 9.21 Å². The molecule has 1 amide bonds. The average Bonchev–Trinajstić information content (AvgIpc) is 2.50. The summed E-state index contributed by atoms with van der Waals surface area (Å²) in [6.07, 6.45) is 0.730. The van der Waals surface area contributed by atoms with Crippen molar-refractivity contribution in [1.29, 1.82) is 0 Å². The molecule has 1 fully saturated rings. The van der Waals surface area contributed by atoms with E-state index in [0.29, 0.717) is 13.1 Å². The molecule has 0 aromatic heterocycles. The molecule has 2 N–H and O–H groups in total. The third kappa shape index (κ3) is 3.91. The minimum atomic E-state index is -3.65. The highest BCUT2D eigenvalue weighted by Gasteiger charge is 2.36. The van der Waals surface area contributed by atoms with Crippen LogP contribution in [0, 0.1) is 5.41 Å². The van der Waals surface area contributed by atoms with E-state index in [2.05, 4.69) is 0 Å². The van der Waals surface area contributed by atoms with Gasteiger partial charge in [0.2, 0.25) is 15.9 Å². The van der Waals surface area contributed by atoms with Gasteiger partial charge < -0.3 is 10.6 Å². The lowest BCUT2D eigenvalue weighted by molar-refractivity contribution is -0.134. The first-order valence-electron chi connectivity index (χ1n) is 7.69. The second-order valence-electron chi connectivity index (χ2n) is 6.77. The van der Waals surface area contributed by atoms with Crippen LogP contribution in [0.5, 0.6) is 0 Å². The molecule has 1 aliphatic heterocycles. The Hall–Kier alpha value is -1.44. The number of hydrogen-bond donors (Lipinski definition) is 1. The fourth-order valence-electron chi connectivity index (χ4n) is 2.73. The largest absolute Gasteiger partial charge is 0.341 e. The molecular weight excluding hydrogens is 314 g/mol. The Bertz CT molecular complexity index is 658. The van der Waals surface area contributed by atoms with E-state index >= 15 is 0 Å². The van der Waals surface area contributed by atoms with Crippen LogP contribution in [-0.4, -0.2) is 56.3 Å². The van der Waals surface area contributed by atoms with E-state index in [9.17, 15) is 13.2 Å². The molecule has 0 radical (unpaired) electrons. The van der Waals surface area contributed by atoms with Crippen molar-refractivity contribution >= 4 is 15.9 Å². The van der Waals surface area contributed by atoms with E-state index in [1.165, 1.54) is 19.2 Å². The Morgan fingerprint density at radius 2 is 1.96 bits per heavy atom. The molecule has 2 rings (SSSR count). The van der Waals surface area contributed by atoms with Crippen molar-refractivity contribution in [2.24, 2.45) is 11.1 Å². The minimum absolute atomic E-state index is 0.0531. The summed E-state index contributed by atoms with van der Waals surface area (Å²) >= 11 is 0. The summed E-state index contributed by atoms with van der Waals surface area (Å²) < 4.78 is 26.0. The van der Waals surface area contributed by atoms with Gasteiger partial charge in [-0.2, -0.15) is 4.31 Å². The monoisotopic (exact) mass is 339 g/mol. The van der Waals surface area contributed by atoms with Crippen LogP contribution < -0.4 is 5.73 Å². The van der Waals surface area contributed by atoms with E-state index in [0.717, 1.165) is 10.7 Å². The summed E-state index contributed by atoms with van der Waals surface area (Å²) in [4.78, 5) is 14.4. The quantitative estimate of drug-likeness (QED) is 0.883. The van der Waals surface area contributed by atoms with Crippen molar-refractivity contribution in [3.63, 3.8) is 0 Å². The minimum Gasteiger partial charge on any atom is -0.341 e. The zero-order valence-electron chi connectivity index (χ0n) is 13.9. The van der Waals surface area contributed by atoms with Gasteiger partial charge in [-0.05, 0) is 24.0 Å². The third-order valence-corrected chi connectivity index (χ3v) is 6.29. The number of carbonyl (C=O) groups is 1. The molecular formula is C16H25N3O3S. The molecule has 1 aromatic rings. The average molecular weight is 339 g/mol. The number of hydrogen-bond acceptors (Lipinski definition) is 4. The van der Waals surface area contributed by atoms with Gasteiger partial charge in [0.1, 0.15) is 0 Å². The molecule has 1 saturated heterocycles. The second-order valence-corrected chi connectivity index (χ2v) is 8.82. The van der Waals surface area contributed by atoms with Crippen LogP contribution in [0.2, 0.25) is 0 Å². The van der Waals surface area contributed by atoms with Crippen LogP contribution >= 0.6 is 0 Å². The smallest absolute Gasteiger partial charge is 0.243 e. The zero-order chi connectivity index (χ0) is 17.3. The number of benzene rings is 1. The molecule has 1 heterocycles. The first-order chi connectivity index (χ1) is 10.6. The summed E-state index contributed by atoms with van der Waals surface area (Å²) in [7, 11) is -2.22. The molecule has 1 aromatic carbocycles. The van der Waals surface area contributed by atoms with Crippen LogP contribution in [0.15, 0.2) is 35.2 Å². The van der Waals surface area contributed by atoms with Crippen molar-refractivity contribution in [2.75, 3.05) is 26.7 Å². The number of nitrogens with zero attached hydrogens (tertiary/aromatic N) is 2. The van der Waals surface area contributed by atoms with Gasteiger partial charge in [-0.1, -0.05) is 32.0 Å². The molecule has 0 spiro atoms. The van der Waals surface area contributed by atoms with Crippen LogP contribution in [0.3, 0.4) is 0 Å². The number of sulfonamides is 1. The van der Waals surface area contributed by atoms with Gasteiger partial charge in [-0.3, -0.25) is 4.79 Å². The Kier molecular flexibility index (Phi) is 5.13. The lowest BCUT2D eigenvalue weighted by atomic mass is 9.80. The Morgan fingerprint density at radius 3 is 2.52 bits per heavy atom. The molecule has 23 heavy (non-hydrogen) atoms. The fourth-order valence-corrected chi connectivity index (χ4v) is 3.88. The maximum Gasteiger partial charge on any atom is 0.243 e. The van der Waals surface area contributed by atoms with Crippen LogP contribution in [0.25, 0.3) is 0 Å². The standard InChI is InChI=1S/C16H25N3O3S/c1-16(2)12-19(10-9-14(16)17)15(20)11-18(3)23(21,22)13-7-5-4-6-8-13/h4-8,14H,9-12,17H2,1-3H3. The summed E-state index contributed by atoms with van der Waals surface area (Å²) in [6, 6.07) is 8.19. The SMILES string of the molecule is CN(CC(=O)N1CCC(N)C(C)(C)C1)S(=O)(=O)c1ccccc1. The second kappa shape index (κ2) is 6.59. The van der Waals surface area contributed by atoms with Gasteiger partial charge in [0.05, 0.1) is 11.4 Å². The highest BCUT2D eigenvalue weighted by molar-refractivity contribution is 7.89.